The molecule has 3 aromatic rings. The minimum Gasteiger partial charge on any atom is -0.493 e. The number of halogens is 1. The first-order chi connectivity index (χ1) is 14.7. The molecule has 2 N–H and O–H groups in total. The van der Waals surface area contributed by atoms with Crippen LogP contribution in [-0.4, -0.2) is 38.4 Å². The van der Waals surface area contributed by atoms with E-state index in [4.69, 9.17) is 14.0 Å². The van der Waals surface area contributed by atoms with Crippen LogP contribution in [0.1, 0.15) is 18.2 Å². The zero-order valence-electron chi connectivity index (χ0n) is 18.1. The minimum atomic E-state index is 0. The minimum absolute atomic E-state index is 0. The molecule has 1 aromatic heterocycles. The van der Waals surface area contributed by atoms with Crippen molar-refractivity contribution in [2.45, 2.75) is 19.9 Å². The Morgan fingerprint density at radius 2 is 1.77 bits per heavy atom. The van der Waals surface area contributed by atoms with E-state index in [1.54, 1.807) is 14.2 Å². The van der Waals surface area contributed by atoms with Crippen LogP contribution >= 0.6 is 24.0 Å². The number of ether oxygens (including phenoxy) is 2. The van der Waals surface area contributed by atoms with Crippen LogP contribution in [0.5, 0.6) is 11.5 Å². The third-order valence-corrected chi connectivity index (χ3v) is 4.51. The Kier molecular flexibility index (Phi) is 10.2. The molecule has 1 heterocycles. The normalized spacial score (nSPS) is 10.9. The standard InChI is InChI=1S/C23H28N4O3.HI/c1-4-24-23(25-13-12-17-10-11-20(28-2)22(14-17)29-3)26-16-19-15-21(30-27-19)18-8-6-5-7-9-18;/h5-11,14-15H,4,12-13,16H2,1-3H3,(H2,24,25,26);1H. The second-order valence-electron chi connectivity index (χ2n) is 6.61. The van der Waals surface area contributed by atoms with Gasteiger partial charge in [-0.05, 0) is 31.0 Å². The van der Waals surface area contributed by atoms with Crippen molar-refractivity contribution in [1.82, 2.24) is 15.8 Å². The number of aliphatic imine (C=N–C) groups is 1. The Labute approximate surface area is 200 Å². The van der Waals surface area contributed by atoms with Gasteiger partial charge in [0.25, 0.3) is 0 Å². The van der Waals surface area contributed by atoms with E-state index in [-0.39, 0.29) is 24.0 Å². The lowest BCUT2D eigenvalue weighted by atomic mass is 10.1. The van der Waals surface area contributed by atoms with Crippen molar-refractivity contribution in [3.63, 3.8) is 0 Å². The van der Waals surface area contributed by atoms with Gasteiger partial charge in [0.1, 0.15) is 5.69 Å². The predicted molar refractivity (Wildman–Crippen MR) is 133 cm³/mol. The molecule has 0 spiro atoms. The van der Waals surface area contributed by atoms with Crippen LogP contribution in [0.3, 0.4) is 0 Å². The Morgan fingerprint density at radius 1 is 1.00 bits per heavy atom. The number of benzene rings is 2. The Hall–Kier alpha value is -2.75. The molecule has 0 aliphatic rings. The third-order valence-electron chi connectivity index (χ3n) is 4.51. The number of hydrogen-bond donors (Lipinski definition) is 2. The molecule has 2 aromatic carbocycles. The number of nitrogens with zero attached hydrogens (tertiary/aromatic N) is 2. The topological polar surface area (TPSA) is 80.9 Å². The summed E-state index contributed by atoms with van der Waals surface area (Å²) in [5.41, 5.74) is 2.94. The summed E-state index contributed by atoms with van der Waals surface area (Å²) in [6.45, 7) is 3.98. The quantitative estimate of drug-likeness (QED) is 0.242. The SMILES string of the molecule is CCNC(=NCc1cc(-c2ccccc2)on1)NCCc1ccc(OC)c(OC)c1.I. The van der Waals surface area contributed by atoms with E-state index in [0.29, 0.717) is 6.54 Å². The van der Waals surface area contributed by atoms with Crippen LogP contribution in [0, 0.1) is 0 Å². The zero-order chi connectivity index (χ0) is 21.2. The highest BCUT2D eigenvalue weighted by Crippen LogP contribution is 2.27. The number of hydrogen-bond acceptors (Lipinski definition) is 5. The van der Waals surface area contributed by atoms with Gasteiger partial charge in [0.15, 0.2) is 23.2 Å². The van der Waals surface area contributed by atoms with E-state index >= 15 is 0 Å². The highest BCUT2D eigenvalue weighted by atomic mass is 127. The zero-order valence-corrected chi connectivity index (χ0v) is 20.4. The molecule has 0 fully saturated rings. The van der Waals surface area contributed by atoms with Crippen molar-refractivity contribution in [1.29, 1.82) is 0 Å². The van der Waals surface area contributed by atoms with Gasteiger partial charge in [-0.1, -0.05) is 41.6 Å². The smallest absolute Gasteiger partial charge is 0.191 e. The van der Waals surface area contributed by atoms with Crippen LogP contribution in [-0.2, 0) is 13.0 Å². The maximum atomic E-state index is 5.44. The molecule has 8 heteroatoms. The Bertz CT molecular complexity index is 960. The highest BCUT2D eigenvalue weighted by molar-refractivity contribution is 14.0. The molecule has 3 rings (SSSR count). The van der Waals surface area contributed by atoms with Gasteiger partial charge in [0.2, 0.25) is 0 Å². The molecule has 0 saturated heterocycles. The van der Waals surface area contributed by atoms with Gasteiger partial charge in [-0.15, -0.1) is 24.0 Å². The highest BCUT2D eigenvalue weighted by Gasteiger charge is 2.07. The fourth-order valence-electron chi connectivity index (χ4n) is 2.99. The summed E-state index contributed by atoms with van der Waals surface area (Å²) in [5, 5.41) is 10.7. The lowest BCUT2D eigenvalue weighted by molar-refractivity contribution is 0.354. The lowest BCUT2D eigenvalue weighted by Crippen LogP contribution is -2.38. The van der Waals surface area contributed by atoms with Gasteiger partial charge in [0, 0.05) is 24.7 Å². The summed E-state index contributed by atoms with van der Waals surface area (Å²) in [4.78, 5) is 4.61. The maximum Gasteiger partial charge on any atom is 0.191 e. The largest absolute Gasteiger partial charge is 0.493 e. The van der Waals surface area contributed by atoms with Crippen LogP contribution in [0.15, 0.2) is 64.1 Å². The van der Waals surface area contributed by atoms with Gasteiger partial charge in [-0.3, -0.25) is 0 Å². The summed E-state index contributed by atoms with van der Waals surface area (Å²) in [6.07, 6.45) is 0.826. The first-order valence-electron chi connectivity index (χ1n) is 9.97. The monoisotopic (exact) mass is 536 g/mol. The first-order valence-corrected chi connectivity index (χ1v) is 9.97. The molecule has 0 atom stereocenters. The molecule has 31 heavy (non-hydrogen) atoms. The molecule has 166 valence electrons. The molecule has 0 bridgehead atoms. The van der Waals surface area contributed by atoms with E-state index in [1.807, 2.05) is 61.5 Å². The second kappa shape index (κ2) is 12.8. The third kappa shape index (κ3) is 7.16. The van der Waals surface area contributed by atoms with Gasteiger partial charge in [-0.25, -0.2) is 4.99 Å². The van der Waals surface area contributed by atoms with Crippen LogP contribution in [0.4, 0.5) is 0 Å². The average Bonchev–Trinajstić information content (AvgIpc) is 3.27. The van der Waals surface area contributed by atoms with Crippen molar-refractivity contribution < 1.29 is 14.0 Å². The van der Waals surface area contributed by atoms with Gasteiger partial charge >= 0.3 is 0 Å². The summed E-state index contributed by atoms with van der Waals surface area (Å²) >= 11 is 0. The van der Waals surface area contributed by atoms with Gasteiger partial charge in [0.05, 0.1) is 20.8 Å². The van der Waals surface area contributed by atoms with E-state index < -0.39 is 0 Å². The van der Waals surface area contributed by atoms with Crippen LogP contribution < -0.4 is 20.1 Å². The fourth-order valence-corrected chi connectivity index (χ4v) is 2.99. The summed E-state index contributed by atoms with van der Waals surface area (Å²) < 4.78 is 16.1. The van der Waals surface area contributed by atoms with Crippen molar-refractivity contribution in [2.24, 2.45) is 4.99 Å². The molecule has 7 nitrogen and oxygen atoms in total. The van der Waals surface area contributed by atoms with Gasteiger partial charge in [-0.2, -0.15) is 0 Å². The van der Waals surface area contributed by atoms with Gasteiger partial charge < -0.3 is 24.6 Å². The number of aromatic nitrogens is 1. The first kappa shape index (κ1) is 24.5. The molecule has 0 unspecified atom stereocenters. The molecular formula is C23H29IN4O3. The molecule has 0 amide bonds. The number of nitrogens with one attached hydrogen (secondary N) is 2. The van der Waals surface area contributed by atoms with Crippen molar-refractivity contribution in [2.75, 3.05) is 27.3 Å². The molecular weight excluding hydrogens is 507 g/mol. The van der Waals surface area contributed by atoms with E-state index in [1.165, 1.54) is 0 Å². The predicted octanol–water partition coefficient (Wildman–Crippen LogP) is 4.27. The molecule has 0 aliphatic carbocycles. The second-order valence-corrected chi connectivity index (χ2v) is 6.61. The summed E-state index contributed by atoms with van der Waals surface area (Å²) in [6, 6.07) is 17.8. The Balaban J connectivity index is 0.00000341. The molecule has 0 saturated carbocycles. The summed E-state index contributed by atoms with van der Waals surface area (Å²) in [5.74, 6) is 2.94. The van der Waals surface area contributed by atoms with Crippen LogP contribution in [0.2, 0.25) is 0 Å². The maximum absolute atomic E-state index is 5.44. The van der Waals surface area contributed by atoms with E-state index in [2.05, 4.69) is 20.8 Å². The van der Waals surface area contributed by atoms with Crippen molar-refractivity contribution in [3.8, 4) is 22.8 Å². The number of methoxy groups -OCH3 is 2. The molecule has 0 aliphatic heterocycles. The lowest BCUT2D eigenvalue weighted by Gasteiger charge is -2.12. The van der Waals surface area contributed by atoms with Crippen molar-refractivity contribution >= 4 is 29.9 Å². The average molecular weight is 536 g/mol. The molecule has 0 radical (unpaired) electrons. The number of rotatable bonds is 9. The summed E-state index contributed by atoms with van der Waals surface area (Å²) in [7, 11) is 3.28. The van der Waals surface area contributed by atoms with E-state index in [0.717, 1.165) is 59.5 Å². The Morgan fingerprint density at radius 3 is 2.48 bits per heavy atom. The fraction of sp³-hybridized carbons (Fsp3) is 0.304. The van der Waals surface area contributed by atoms with Crippen LogP contribution in [0.25, 0.3) is 11.3 Å². The van der Waals surface area contributed by atoms with Crippen molar-refractivity contribution in [3.05, 3.63) is 65.9 Å². The van der Waals surface area contributed by atoms with E-state index in [9.17, 15) is 0 Å². The number of guanidine groups is 1.